The van der Waals surface area contributed by atoms with Crippen molar-refractivity contribution < 1.29 is 18.0 Å². The highest BCUT2D eigenvalue weighted by atomic mass is 32.2. The standard InChI is InChI=1S/C29H31N3O5S/c1-29(2,3)19-8-10-20(11-9-19)30-28(35)24-22(17-5-4-6-17)12-7-18-15-23(27(34)32-25(18)24)26(33)31-21-13-14-38(36,37)16-21/h7-15,17,21H,4-6,16H2,1-3H3,(H,30,35)(H,31,33)(H,32,34)/t21-/m1/s1. The van der Waals surface area contributed by atoms with Gasteiger partial charge < -0.3 is 15.6 Å². The number of nitrogens with one attached hydrogen (secondary N) is 3. The fraction of sp³-hybridized carbons (Fsp3) is 0.345. The van der Waals surface area contributed by atoms with E-state index in [2.05, 4.69) is 36.4 Å². The van der Waals surface area contributed by atoms with Gasteiger partial charge >= 0.3 is 0 Å². The van der Waals surface area contributed by atoms with Crippen molar-refractivity contribution >= 4 is 38.2 Å². The summed E-state index contributed by atoms with van der Waals surface area (Å²) in [6.07, 6.45) is 4.41. The molecule has 1 atom stereocenters. The number of anilines is 1. The summed E-state index contributed by atoms with van der Waals surface area (Å²) in [6.45, 7) is 6.37. The second-order valence-corrected chi connectivity index (χ2v) is 13.1. The molecule has 5 rings (SSSR count). The number of pyridine rings is 1. The van der Waals surface area contributed by atoms with Crippen molar-refractivity contribution in [2.75, 3.05) is 11.1 Å². The number of carbonyl (C=O) groups excluding carboxylic acids is 2. The van der Waals surface area contributed by atoms with Crippen molar-refractivity contribution in [2.24, 2.45) is 0 Å². The van der Waals surface area contributed by atoms with Crippen LogP contribution in [0.15, 0.2) is 58.7 Å². The zero-order chi connectivity index (χ0) is 27.2. The lowest BCUT2D eigenvalue weighted by molar-refractivity contribution is 0.0945. The maximum Gasteiger partial charge on any atom is 0.261 e. The van der Waals surface area contributed by atoms with E-state index in [4.69, 9.17) is 0 Å². The molecule has 2 aromatic carbocycles. The van der Waals surface area contributed by atoms with E-state index in [9.17, 15) is 22.8 Å². The highest BCUT2D eigenvalue weighted by molar-refractivity contribution is 7.94. The Hall–Kier alpha value is -3.72. The zero-order valence-electron chi connectivity index (χ0n) is 21.6. The fourth-order valence-electron chi connectivity index (χ4n) is 4.92. The van der Waals surface area contributed by atoms with Crippen molar-refractivity contribution in [1.82, 2.24) is 10.3 Å². The van der Waals surface area contributed by atoms with Gasteiger partial charge in [-0.3, -0.25) is 14.4 Å². The van der Waals surface area contributed by atoms with Gasteiger partial charge in [0.15, 0.2) is 9.84 Å². The average molecular weight is 534 g/mol. The highest BCUT2D eigenvalue weighted by Gasteiger charge is 2.28. The Morgan fingerprint density at radius 1 is 1.00 bits per heavy atom. The Balaban J connectivity index is 1.49. The first kappa shape index (κ1) is 25.9. The van der Waals surface area contributed by atoms with E-state index in [1.807, 2.05) is 36.4 Å². The molecule has 3 aromatic rings. The Bertz CT molecular complexity index is 1630. The number of H-pyrrole nitrogens is 1. The molecular formula is C29H31N3O5S. The normalized spacial score (nSPS) is 18.8. The first-order valence-electron chi connectivity index (χ1n) is 12.7. The van der Waals surface area contributed by atoms with Crippen LogP contribution in [0.3, 0.4) is 0 Å². The zero-order valence-corrected chi connectivity index (χ0v) is 22.4. The average Bonchev–Trinajstić information content (AvgIpc) is 3.14. The number of hydrogen-bond donors (Lipinski definition) is 3. The molecule has 1 fully saturated rings. The minimum absolute atomic E-state index is 0.0125. The maximum atomic E-state index is 13.6. The molecule has 2 amide bonds. The van der Waals surface area contributed by atoms with Gasteiger partial charge in [0.1, 0.15) is 5.56 Å². The summed E-state index contributed by atoms with van der Waals surface area (Å²) in [6, 6.07) is 12.2. The van der Waals surface area contributed by atoms with Crippen LogP contribution in [0.1, 0.15) is 77.8 Å². The van der Waals surface area contributed by atoms with Crippen LogP contribution in [0.25, 0.3) is 10.9 Å². The van der Waals surface area contributed by atoms with Crippen LogP contribution in [0.2, 0.25) is 0 Å². The molecule has 2 aliphatic rings. The number of aromatic nitrogens is 1. The number of carbonyl (C=O) groups is 2. The van der Waals surface area contributed by atoms with Crippen LogP contribution in [-0.4, -0.2) is 37.0 Å². The van der Waals surface area contributed by atoms with Gasteiger partial charge in [0.2, 0.25) is 0 Å². The molecule has 1 aliphatic heterocycles. The Labute approximate surface area is 221 Å². The number of aromatic amines is 1. The molecule has 0 bridgehead atoms. The molecule has 1 aromatic heterocycles. The van der Waals surface area contributed by atoms with Crippen molar-refractivity contribution in [3.05, 3.63) is 86.6 Å². The molecule has 0 spiro atoms. The summed E-state index contributed by atoms with van der Waals surface area (Å²) in [5, 5.41) is 7.17. The molecule has 1 aliphatic carbocycles. The van der Waals surface area contributed by atoms with Crippen LogP contribution in [-0.2, 0) is 15.3 Å². The quantitative estimate of drug-likeness (QED) is 0.449. The van der Waals surface area contributed by atoms with E-state index in [0.717, 1.165) is 35.8 Å². The third-order valence-electron chi connectivity index (χ3n) is 7.32. The van der Waals surface area contributed by atoms with Crippen LogP contribution < -0.4 is 16.2 Å². The fourth-order valence-corrected chi connectivity index (χ4v) is 6.16. The predicted molar refractivity (Wildman–Crippen MR) is 148 cm³/mol. The Morgan fingerprint density at radius 3 is 2.29 bits per heavy atom. The van der Waals surface area contributed by atoms with Gasteiger partial charge in [-0.2, -0.15) is 0 Å². The Kier molecular flexibility index (Phi) is 6.51. The summed E-state index contributed by atoms with van der Waals surface area (Å²) in [5.74, 6) is -1.01. The number of rotatable bonds is 5. The SMILES string of the molecule is CC(C)(C)c1ccc(NC(=O)c2c(C3CCC3)ccc3cc(C(=O)N[C@@H]4C=CS(=O)(=O)C4)c(=O)[nH]c23)cc1. The van der Waals surface area contributed by atoms with E-state index in [0.29, 0.717) is 22.2 Å². The van der Waals surface area contributed by atoms with Crippen molar-refractivity contribution in [3.63, 3.8) is 0 Å². The molecule has 3 N–H and O–H groups in total. The molecular weight excluding hydrogens is 502 g/mol. The first-order valence-corrected chi connectivity index (χ1v) is 14.5. The lowest BCUT2D eigenvalue weighted by atomic mass is 9.77. The second-order valence-electron chi connectivity index (χ2n) is 11.2. The molecule has 198 valence electrons. The minimum Gasteiger partial charge on any atom is -0.345 e. The van der Waals surface area contributed by atoms with Gasteiger partial charge in [-0.15, -0.1) is 0 Å². The number of amides is 2. The van der Waals surface area contributed by atoms with Gasteiger partial charge in [-0.05, 0) is 65.0 Å². The van der Waals surface area contributed by atoms with Crippen LogP contribution in [0.5, 0.6) is 0 Å². The van der Waals surface area contributed by atoms with E-state index in [1.54, 1.807) is 0 Å². The molecule has 8 nitrogen and oxygen atoms in total. The molecule has 0 radical (unpaired) electrons. The topological polar surface area (TPSA) is 125 Å². The smallest absolute Gasteiger partial charge is 0.261 e. The molecule has 2 heterocycles. The minimum atomic E-state index is -3.35. The van der Waals surface area contributed by atoms with E-state index >= 15 is 0 Å². The Morgan fingerprint density at radius 2 is 1.71 bits per heavy atom. The number of sulfone groups is 1. The van der Waals surface area contributed by atoms with Crippen molar-refractivity contribution in [2.45, 2.75) is 57.4 Å². The summed E-state index contributed by atoms with van der Waals surface area (Å²) in [7, 11) is -3.35. The van der Waals surface area contributed by atoms with Crippen LogP contribution in [0.4, 0.5) is 5.69 Å². The first-order chi connectivity index (χ1) is 17.9. The van der Waals surface area contributed by atoms with Crippen molar-refractivity contribution in [3.8, 4) is 0 Å². The monoisotopic (exact) mass is 533 g/mol. The summed E-state index contributed by atoms with van der Waals surface area (Å²) in [5.41, 5.74) is 2.66. The summed E-state index contributed by atoms with van der Waals surface area (Å²) < 4.78 is 23.3. The molecule has 9 heteroatoms. The lowest BCUT2D eigenvalue weighted by Gasteiger charge is -2.28. The largest absolute Gasteiger partial charge is 0.345 e. The van der Waals surface area contributed by atoms with Gasteiger partial charge in [0.25, 0.3) is 17.4 Å². The van der Waals surface area contributed by atoms with E-state index in [-0.39, 0.29) is 28.6 Å². The third-order valence-corrected chi connectivity index (χ3v) is 8.72. The van der Waals surface area contributed by atoms with E-state index < -0.39 is 27.3 Å². The van der Waals surface area contributed by atoms with Crippen LogP contribution >= 0.6 is 0 Å². The van der Waals surface area contributed by atoms with E-state index in [1.165, 1.54) is 12.1 Å². The molecule has 0 unspecified atom stereocenters. The number of hydrogen-bond acceptors (Lipinski definition) is 5. The highest BCUT2D eigenvalue weighted by Crippen LogP contribution is 2.40. The lowest BCUT2D eigenvalue weighted by Crippen LogP contribution is -2.38. The summed E-state index contributed by atoms with van der Waals surface area (Å²) >= 11 is 0. The number of fused-ring (bicyclic) bond motifs is 1. The molecule has 38 heavy (non-hydrogen) atoms. The van der Waals surface area contributed by atoms with Gasteiger partial charge in [0, 0.05) is 11.1 Å². The maximum absolute atomic E-state index is 13.6. The van der Waals surface area contributed by atoms with Gasteiger partial charge in [0.05, 0.1) is 22.9 Å². The summed E-state index contributed by atoms with van der Waals surface area (Å²) in [4.78, 5) is 42.2. The molecule has 1 saturated carbocycles. The number of benzene rings is 2. The van der Waals surface area contributed by atoms with Gasteiger partial charge in [-0.25, -0.2) is 8.42 Å². The van der Waals surface area contributed by atoms with Crippen molar-refractivity contribution in [1.29, 1.82) is 0 Å². The van der Waals surface area contributed by atoms with Crippen LogP contribution in [0, 0.1) is 0 Å². The van der Waals surface area contributed by atoms with Gasteiger partial charge in [-0.1, -0.05) is 51.5 Å². The second kappa shape index (κ2) is 9.54. The third kappa shape index (κ3) is 5.15. The molecule has 0 saturated heterocycles. The predicted octanol–water partition coefficient (Wildman–Crippen LogP) is 4.39.